The second-order valence-electron chi connectivity index (χ2n) is 5.64. The largest absolute Gasteiger partial charge is 0.391 e. The number of nitrogens with one attached hydrogen (secondary N) is 1. The molecule has 0 heterocycles. The zero-order valence-corrected chi connectivity index (χ0v) is 14.9. The molecule has 1 N–H and O–H groups in total. The van der Waals surface area contributed by atoms with Crippen LogP contribution in [-0.4, -0.2) is 12.2 Å². The van der Waals surface area contributed by atoms with Crippen LogP contribution in [0.3, 0.4) is 0 Å². The van der Waals surface area contributed by atoms with E-state index >= 15 is 0 Å². The zero-order valence-electron chi connectivity index (χ0n) is 11.7. The van der Waals surface area contributed by atoms with Gasteiger partial charge in [0.2, 0.25) is 0 Å². The highest BCUT2D eigenvalue weighted by atomic mass is 79.9. The molecule has 1 aliphatic rings. The van der Waals surface area contributed by atoms with Crippen LogP contribution in [0.2, 0.25) is 0 Å². The summed E-state index contributed by atoms with van der Waals surface area (Å²) in [6.45, 7) is 2.05. The molecule has 1 saturated carbocycles. The van der Waals surface area contributed by atoms with Gasteiger partial charge < -0.3 is 5.32 Å². The molecule has 0 aliphatic heterocycles. The van der Waals surface area contributed by atoms with Gasteiger partial charge in [0.15, 0.2) is 0 Å². The molecule has 1 aromatic rings. The molecule has 0 bridgehead atoms. The minimum Gasteiger partial charge on any atom is -0.307 e. The third-order valence-corrected chi connectivity index (χ3v) is 5.28. The predicted molar refractivity (Wildman–Crippen MR) is 85.2 cm³/mol. The van der Waals surface area contributed by atoms with Gasteiger partial charge >= 0.3 is 6.18 Å². The third kappa shape index (κ3) is 4.70. The molecule has 118 valence electrons. The standard InChI is InChI=1S/C15H18Br2F3N/c1-9(13-7-4-11(16)8-14(13)17)21-12-5-2-10(3-6-12)15(18,19)20/h4,7-10,12,21H,2-3,5-6H2,1H3. The van der Waals surface area contributed by atoms with E-state index in [2.05, 4.69) is 37.2 Å². The molecule has 1 nitrogen and oxygen atoms in total. The molecule has 1 atom stereocenters. The fourth-order valence-corrected chi connectivity index (χ4v) is 4.27. The molecule has 21 heavy (non-hydrogen) atoms. The average molecular weight is 429 g/mol. The van der Waals surface area contributed by atoms with Crippen LogP contribution in [0.15, 0.2) is 27.1 Å². The second-order valence-corrected chi connectivity index (χ2v) is 7.41. The highest BCUT2D eigenvalue weighted by molar-refractivity contribution is 9.11. The van der Waals surface area contributed by atoms with Crippen LogP contribution in [0.5, 0.6) is 0 Å². The Kier molecular flexibility index (Phi) is 5.77. The highest BCUT2D eigenvalue weighted by Crippen LogP contribution is 2.38. The van der Waals surface area contributed by atoms with Crippen LogP contribution in [-0.2, 0) is 0 Å². The van der Waals surface area contributed by atoms with Gasteiger partial charge in [0, 0.05) is 21.0 Å². The minimum atomic E-state index is -4.04. The Bertz CT molecular complexity index is 482. The van der Waals surface area contributed by atoms with Crippen molar-refractivity contribution in [3.63, 3.8) is 0 Å². The van der Waals surface area contributed by atoms with E-state index in [9.17, 15) is 13.2 Å². The number of alkyl halides is 3. The van der Waals surface area contributed by atoms with Crippen molar-refractivity contribution in [3.8, 4) is 0 Å². The lowest BCUT2D eigenvalue weighted by Gasteiger charge is -2.32. The third-order valence-electron chi connectivity index (χ3n) is 4.10. The van der Waals surface area contributed by atoms with E-state index in [1.807, 2.05) is 25.1 Å². The monoisotopic (exact) mass is 427 g/mol. The lowest BCUT2D eigenvalue weighted by Crippen LogP contribution is -2.38. The number of rotatable bonds is 3. The second kappa shape index (κ2) is 7.01. The summed E-state index contributed by atoms with van der Waals surface area (Å²) in [5, 5.41) is 3.45. The molecule has 0 radical (unpaired) electrons. The molecular formula is C15H18Br2F3N. The summed E-state index contributed by atoms with van der Waals surface area (Å²) in [5.41, 5.74) is 1.12. The van der Waals surface area contributed by atoms with Crippen molar-refractivity contribution in [2.45, 2.75) is 50.9 Å². The highest BCUT2D eigenvalue weighted by Gasteiger charge is 2.41. The number of hydrogen-bond donors (Lipinski definition) is 1. The summed E-state index contributed by atoms with van der Waals surface area (Å²) in [6.07, 6.45) is -2.40. The van der Waals surface area contributed by atoms with Gasteiger partial charge in [-0.15, -0.1) is 0 Å². The Morgan fingerprint density at radius 3 is 2.29 bits per heavy atom. The molecule has 1 aliphatic carbocycles. The van der Waals surface area contributed by atoms with E-state index < -0.39 is 12.1 Å². The quantitative estimate of drug-likeness (QED) is 0.623. The first-order valence-corrected chi connectivity index (χ1v) is 8.63. The SMILES string of the molecule is CC(NC1CCC(C(F)(F)F)CC1)c1ccc(Br)cc1Br. The van der Waals surface area contributed by atoms with E-state index in [0.717, 1.165) is 14.5 Å². The maximum atomic E-state index is 12.7. The predicted octanol–water partition coefficient (Wildman–Crippen LogP) is 5.98. The van der Waals surface area contributed by atoms with Gasteiger partial charge in [-0.1, -0.05) is 37.9 Å². The lowest BCUT2D eigenvalue weighted by atomic mass is 9.85. The van der Waals surface area contributed by atoms with Gasteiger partial charge in [0.05, 0.1) is 5.92 Å². The molecule has 0 aromatic heterocycles. The molecule has 0 spiro atoms. The molecule has 6 heteroatoms. The maximum absolute atomic E-state index is 12.7. The van der Waals surface area contributed by atoms with Crippen molar-refractivity contribution in [2.75, 3.05) is 0 Å². The number of benzene rings is 1. The van der Waals surface area contributed by atoms with Crippen molar-refractivity contribution in [1.82, 2.24) is 5.32 Å². The molecular weight excluding hydrogens is 411 g/mol. The molecule has 0 amide bonds. The van der Waals surface area contributed by atoms with E-state index in [4.69, 9.17) is 0 Å². The summed E-state index contributed by atoms with van der Waals surface area (Å²) in [6, 6.07) is 6.24. The Hall–Kier alpha value is -0.0700. The topological polar surface area (TPSA) is 12.0 Å². The first-order valence-electron chi connectivity index (χ1n) is 7.05. The number of halogens is 5. The van der Waals surface area contributed by atoms with Crippen LogP contribution in [0.1, 0.15) is 44.2 Å². The Labute approximate surface area is 139 Å². The van der Waals surface area contributed by atoms with E-state index in [-0.39, 0.29) is 24.9 Å². The van der Waals surface area contributed by atoms with E-state index in [0.29, 0.717) is 12.8 Å². The smallest absolute Gasteiger partial charge is 0.307 e. The zero-order chi connectivity index (χ0) is 15.6. The maximum Gasteiger partial charge on any atom is 0.391 e. The van der Waals surface area contributed by atoms with Gasteiger partial charge in [-0.3, -0.25) is 0 Å². The molecule has 0 saturated heterocycles. The van der Waals surface area contributed by atoms with Crippen molar-refractivity contribution in [1.29, 1.82) is 0 Å². The first-order chi connectivity index (χ1) is 9.77. The lowest BCUT2D eigenvalue weighted by molar-refractivity contribution is -0.182. The van der Waals surface area contributed by atoms with Gasteiger partial charge in [0.25, 0.3) is 0 Å². The summed E-state index contributed by atoms with van der Waals surface area (Å²) < 4.78 is 40.0. The minimum absolute atomic E-state index is 0.111. The fourth-order valence-electron chi connectivity index (χ4n) is 2.88. The van der Waals surface area contributed by atoms with Crippen molar-refractivity contribution < 1.29 is 13.2 Å². The fraction of sp³-hybridized carbons (Fsp3) is 0.600. The van der Waals surface area contributed by atoms with E-state index in [1.54, 1.807) is 0 Å². The van der Waals surface area contributed by atoms with Crippen LogP contribution in [0.25, 0.3) is 0 Å². The Morgan fingerprint density at radius 2 is 1.76 bits per heavy atom. The van der Waals surface area contributed by atoms with E-state index in [1.165, 1.54) is 0 Å². The molecule has 1 unspecified atom stereocenters. The first kappa shape index (κ1) is 17.3. The summed E-state index contributed by atoms with van der Waals surface area (Å²) in [7, 11) is 0. The van der Waals surface area contributed by atoms with Gasteiger partial charge in [-0.25, -0.2) is 0 Å². The summed E-state index contributed by atoms with van der Waals surface area (Å²) >= 11 is 6.94. The average Bonchev–Trinajstić information content (AvgIpc) is 2.38. The van der Waals surface area contributed by atoms with Crippen LogP contribution >= 0.6 is 31.9 Å². The summed E-state index contributed by atoms with van der Waals surface area (Å²) in [5.74, 6) is -1.12. The molecule has 2 rings (SSSR count). The van der Waals surface area contributed by atoms with Gasteiger partial charge in [-0.05, 0) is 50.3 Å². The Morgan fingerprint density at radius 1 is 1.14 bits per heavy atom. The number of hydrogen-bond acceptors (Lipinski definition) is 1. The van der Waals surface area contributed by atoms with Crippen LogP contribution in [0, 0.1) is 5.92 Å². The van der Waals surface area contributed by atoms with Gasteiger partial charge in [0.1, 0.15) is 0 Å². The van der Waals surface area contributed by atoms with Crippen LogP contribution < -0.4 is 5.32 Å². The van der Waals surface area contributed by atoms with Gasteiger partial charge in [-0.2, -0.15) is 13.2 Å². The van der Waals surface area contributed by atoms with Crippen molar-refractivity contribution in [2.24, 2.45) is 5.92 Å². The molecule has 1 aromatic carbocycles. The van der Waals surface area contributed by atoms with Crippen molar-refractivity contribution >= 4 is 31.9 Å². The molecule has 1 fully saturated rings. The van der Waals surface area contributed by atoms with Crippen molar-refractivity contribution in [3.05, 3.63) is 32.7 Å². The summed E-state index contributed by atoms with van der Waals surface area (Å²) in [4.78, 5) is 0. The van der Waals surface area contributed by atoms with Crippen LogP contribution in [0.4, 0.5) is 13.2 Å². The Balaban J connectivity index is 1.91. The normalized spacial score (nSPS) is 24.9.